The molecule has 0 fully saturated rings. The highest BCUT2D eigenvalue weighted by molar-refractivity contribution is 5.89. The average Bonchev–Trinajstić information content (AvgIpc) is 2.81. The van der Waals surface area contributed by atoms with Crippen LogP contribution in [0.15, 0.2) is 22.8 Å². The predicted molar refractivity (Wildman–Crippen MR) is 83.9 cm³/mol. The van der Waals surface area contributed by atoms with Crippen LogP contribution < -0.4 is 0 Å². The van der Waals surface area contributed by atoms with Gasteiger partial charge in [0, 0.05) is 17.5 Å². The molecule has 0 atom stereocenters. The summed E-state index contributed by atoms with van der Waals surface area (Å²) in [6.07, 6.45) is 2.47. The Morgan fingerprint density at radius 3 is 2.55 bits per heavy atom. The SMILES string of the molecule is CCCN(CC(=O)O)C(=O)Cc1coc2cc(C)c(C)cc12. The molecule has 0 saturated carbocycles. The fraction of sp³-hybridized carbons (Fsp3) is 0.412. The number of fused-ring (bicyclic) bond motifs is 1. The van der Waals surface area contributed by atoms with Crippen LogP contribution in [-0.2, 0) is 16.0 Å². The van der Waals surface area contributed by atoms with Crippen LogP contribution in [0.2, 0.25) is 0 Å². The Kier molecular flexibility index (Phi) is 4.85. The molecule has 0 aliphatic carbocycles. The van der Waals surface area contributed by atoms with E-state index in [-0.39, 0.29) is 18.9 Å². The van der Waals surface area contributed by atoms with Crippen molar-refractivity contribution in [2.24, 2.45) is 0 Å². The van der Waals surface area contributed by atoms with Gasteiger partial charge in [0.1, 0.15) is 12.1 Å². The van der Waals surface area contributed by atoms with E-state index in [1.165, 1.54) is 4.90 Å². The number of hydrogen-bond acceptors (Lipinski definition) is 3. The smallest absolute Gasteiger partial charge is 0.323 e. The van der Waals surface area contributed by atoms with Crippen molar-refractivity contribution in [1.82, 2.24) is 4.90 Å². The third-order valence-corrected chi connectivity index (χ3v) is 3.78. The molecule has 0 unspecified atom stereocenters. The maximum absolute atomic E-state index is 12.4. The molecule has 1 amide bonds. The van der Waals surface area contributed by atoms with Gasteiger partial charge in [-0.15, -0.1) is 0 Å². The van der Waals surface area contributed by atoms with Gasteiger partial charge < -0.3 is 14.4 Å². The molecule has 0 saturated heterocycles. The molecule has 1 N–H and O–H groups in total. The highest BCUT2D eigenvalue weighted by Gasteiger charge is 2.18. The Hall–Kier alpha value is -2.30. The third kappa shape index (κ3) is 3.47. The molecule has 2 rings (SSSR count). The van der Waals surface area contributed by atoms with Gasteiger partial charge in [0.25, 0.3) is 0 Å². The molecule has 0 aliphatic rings. The highest BCUT2D eigenvalue weighted by atomic mass is 16.4. The second kappa shape index (κ2) is 6.64. The van der Waals surface area contributed by atoms with Crippen molar-refractivity contribution in [3.05, 3.63) is 35.1 Å². The van der Waals surface area contributed by atoms with E-state index in [9.17, 15) is 9.59 Å². The number of carboxylic acid groups (broad SMARTS) is 1. The van der Waals surface area contributed by atoms with Gasteiger partial charge in [-0.3, -0.25) is 9.59 Å². The lowest BCUT2D eigenvalue weighted by atomic mass is 10.0. The quantitative estimate of drug-likeness (QED) is 0.890. The van der Waals surface area contributed by atoms with Crippen LogP contribution in [0.25, 0.3) is 11.0 Å². The van der Waals surface area contributed by atoms with Crippen LogP contribution in [0.3, 0.4) is 0 Å². The molecule has 1 heterocycles. The van der Waals surface area contributed by atoms with Crippen molar-refractivity contribution < 1.29 is 19.1 Å². The number of carbonyl (C=O) groups is 2. The number of carboxylic acids is 1. The summed E-state index contributed by atoms with van der Waals surface area (Å²) < 4.78 is 5.52. The van der Waals surface area contributed by atoms with Crippen LogP contribution in [-0.4, -0.2) is 35.0 Å². The topological polar surface area (TPSA) is 70.8 Å². The van der Waals surface area contributed by atoms with Gasteiger partial charge in [-0.25, -0.2) is 0 Å². The van der Waals surface area contributed by atoms with Gasteiger partial charge in [0.2, 0.25) is 5.91 Å². The first-order chi connectivity index (χ1) is 10.4. The summed E-state index contributed by atoms with van der Waals surface area (Å²) in [6, 6.07) is 3.97. The predicted octanol–water partition coefficient (Wildman–Crippen LogP) is 2.92. The molecule has 0 bridgehead atoms. The Bertz CT molecular complexity index is 702. The molecule has 1 aromatic heterocycles. The van der Waals surface area contributed by atoms with Gasteiger partial charge in [0.15, 0.2) is 0 Å². The summed E-state index contributed by atoms with van der Waals surface area (Å²) in [5.74, 6) is -1.18. The summed E-state index contributed by atoms with van der Waals surface area (Å²) >= 11 is 0. The molecule has 22 heavy (non-hydrogen) atoms. The van der Waals surface area contributed by atoms with Gasteiger partial charge >= 0.3 is 5.97 Å². The lowest BCUT2D eigenvalue weighted by Gasteiger charge is -2.19. The first-order valence-electron chi connectivity index (χ1n) is 7.39. The monoisotopic (exact) mass is 303 g/mol. The van der Waals surface area contributed by atoms with Crippen molar-refractivity contribution >= 4 is 22.8 Å². The van der Waals surface area contributed by atoms with Crippen molar-refractivity contribution in [3.63, 3.8) is 0 Å². The summed E-state index contributed by atoms with van der Waals surface area (Å²) in [6.45, 7) is 6.13. The summed E-state index contributed by atoms with van der Waals surface area (Å²) in [4.78, 5) is 24.6. The Morgan fingerprint density at radius 2 is 1.91 bits per heavy atom. The average molecular weight is 303 g/mol. The van der Waals surface area contributed by atoms with Crippen LogP contribution in [0.5, 0.6) is 0 Å². The third-order valence-electron chi connectivity index (χ3n) is 3.78. The number of aryl methyl sites for hydroxylation is 2. The van der Waals surface area contributed by atoms with E-state index in [1.54, 1.807) is 6.26 Å². The standard InChI is InChI=1S/C17H21NO4/c1-4-5-18(9-17(20)21)16(19)8-13-10-22-15-7-12(3)11(2)6-14(13)15/h6-7,10H,4-5,8-9H2,1-3H3,(H,20,21). The normalized spacial score (nSPS) is 10.9. The number of rotatable bonds is 6. The molecule has 0 spiro atoms. The number of hydrogen-bond donors (Lipinski definition) is 1. The van der Waals surface area contributed by atoms with Crippen molar-refractivity contribution in [1.29, 1.82) is 0 Å². The van der Waals surface area contributed by atoms with E-state index in [1.807, 2.05) is 32.9 Å². The molecule has 2 aromatic rings. The summed E-state index contributed by atoms with van der Waals surface area (Å²) in [7, 11) is 0. The summed E-state index contributed by atoms with van der Waals surface area (Å²) in [5, 5.41) is 9.83. The number of nitrogens with zero attached hydrogens (tertiary/aromatic N) is 1. The molecule has 0 aliphatic heterocycles. The number of aliphatic carboxylic acids is 1. The van der Waals surface area contributed by atoms with Crippen LogP contribution in [0.4, 0.5) is 0 Å². The molecular weight excluding hydrogens is 282 g/mol. The molecule has 1 aromatic carbocycles. The minimum atomic E-state index is -0.995. The first kappa shape index (κ1) is 16.1. The van der Waals surface area contributed by atoms with Crippen molar-refractivity contribution in [2.75, 3.05) is 13.1 Å². The molecular formula is C17H21NO4. The van der Waals surface area contributed by atoms with E-state index in [2.05, 4.69) is 0 Å². The Labute approximate surface area is 129 Å². The summed E-state index contributed by atoms with van der Waals surface area (Å²) in [5.41, 5.74) is 3.83. The fourth-order valence-corrected chi connectivity index (χ4v) is 2.47. The minimum absolute atomic E-state index is 0.156. The lowest BCUT2D eigenvalue weighted by Crippen LogP contribution is -2.37. The number of benzene rings is 1. The Balaban J connectivity index is 2.23. The van der Waals surface area contributed by atoms with Gasteiger partial charge in [-0.05, 0) is 43.5 Å². The largest absolute Gasteiger partial charge is 0.480 e. The zero-order valence-corrected chi connectivity index (χ0v) is 13.2. The number of furan rings is 1. The second-order valence-corrected chi connectivity index (χ2v) is 5.58. The molecule has 5 nitrogen and oxygen atoms in total. The van der Waals surface area contributed by atoms with Crippen LogP contribution in [0, 0.1) is 13.8 Å². The molecule has 0 radical (unpaired) electrons. The number of amides is 1. The van der Waals surface area contributed by atoms with Crippen LogP contribution in [0.1, 0.15) is 30.0 Å². The lowest BCUT2D eigenvalue weighted by molar-refractivity contribution is -0.144. The van der Waals surface area contributed by atoms with Crippen LogP contribution >= 0.6 is 0 Å². The maximum atomic E-state index is 12.4. The number of carbonyl (C=O) groups excluding carboxylic acids is 1. The highest BCUT2D eigenvalue weighted by Crippen LogP contribution is 2.25. The van der Waals surface area contributed by atoms with E-state index >= 15 is 0 Å². The second-order valence-electron chi connectivity index (χ2n) is 5.58. The van der Waals surface area contributed by atoms with Gasteiger partial charge in [-0.1, -0.05) is 6.92 Å². The minimum Gasteiger partial charge on any atom is -0.480 e. The van der Waals surface area contributed by atoms with E-state index in [4.69, 9.17) is 9.52 Å². The maximum Gasteiger partial charge on any atom is 0.323 e. The molecule has 118 valence electrons. The van der Waals surface area contributed by atoms with Crippen molar-refractivity contribution in [2.45, 2.75) is 33.6 Å². The zero-order valence-electron chi connectivity index (χ0n) is 13.2. The van der Waals surface area contributed by atoms with E-state index in [0.717, 1.165) is 34.1 Å². The Morgan fingerprint density at radius 1 is 1.23 bits per heavy atom. The van der Waals surface area contributed by atoms with E-state index < -0.39 is 5.97 Å². The van der Waals surface area contributed by atoms with Crippen molar-refractivity contribution in [3.8, 4) is 0 Å². The fourth-order valence-electron chi connectivity index (χ4n) is 2.47. The van der Waals surface area contributed by atoms with Gasteiger partial charge in [-0.2, -0.15) is 0 Å². The molecule has 5 heteroatoms. The van der Waals surface area contributed by atoms with E-state index in [0.29, 0.717) is 6.54 Å². The van der Waals surface area contributed by atoms with Gasteiger partial charge in [0.05, 0.1) is 12.7 Å². The first-order valence-corrected chi connectivity index (χ1v) is 7.39. The zero-order chi connectivity index (χ0) is 16.3.